The molecule has 1 aromatic carbocycles. The van der Waals surface area contributed by atoms with E-state index in [0.717, 1.165) is 4.90 Å². The second-order valence-corrected chi connectivity index (χ2v) is 6.83. The van der Waals surface area contributed by atoms with Crippen molar-refractivity contribution in [2.24, 2.45) is 11.8 Å². The molecule has 1 unspecified atom stereocenters. The van der Waals surface area contributed by atoms with Crippen molar-refractivity contribution in [3.63, 3.8) is 0 Å². The van der Waals surface area contributed by atoms with E-state index in [1.165, 1.54) is 6.07 Å². The highest BCUT2D eigenvalue weighted by Gasteiger charge is 2.53. The lowest BCUT2D eigenvalue weighted by molar-refractivity contribution is -0.187. The molecule has 10 heteroatoms. The zero-order valence-corrected chi connectivity index (χ0v) is 14.2. The van der Waals surface area contributed by atoms with Crippen LogP contribution in [0.25, 0.3) is 0 Å². The van der Waals surface area contributed by atoms with E-state index in [9.17, 15) is 27.2 Å². The highest BCUT2D eigenvalue weighted by molar-refractivity contribution is 5.78. The number of nitrogens with zero attached hydrogens (tertiary/aromatic N) is 2. The van der Waals surface area contributed by atoms with Crippen molar-refractivity contribution in [2.75, 3.05) is 31.1 Å². The van der Waals surface area contributed by atoms with Gasteiger partial charge in [0, 0.05) is 32.2 Å². The lowest BCUT2D eigenvalue weighted by Crippen LogP contribution is -2.45. The molecule has 0 spiro atoms. The van der Waals surface area contributed by atoms with Gasteiger partial charge in [0.15, 0.2) is 0 Å². The number of likely N-dealkylation sites (tertiary alicyclic amines) is 1. The molecule has 0 aromatic heterocycles. The van der Waals surface area contributed by atoms with Gasteiger partial charge in [-0.15, -0.1) is 0 Å². The van der Waals surface area contributed by atoms with Gasteiger partial charge in [-0.3, -0.25) is 4.79 Å². The predicted molar refractivity (Wildman–Crippen MR) is 87.8 cm³/mol. The number of hydrogen-bond acceptors (Lipinski definition) is 3. The topological polar surface area (TPSA) is 72.9 Å². The minimum absolute atomic E-state index is 0.325. The molecule has 3 rings (SSSR count). The summed E-state index contributed by atoms with van der Waals surface area (Å²) in [6.45, 7) is -0.356. The highest BCUT2D eigenvalue weighted by Crippen LogP contribution is 2.37. The Morgan fingerprint density at radius 1 is 1.15 bits per heavy atom. The van der Waals surface area contributed by atoms with Crippen LogP contribution in [0.1, 0.15) is 6.42 Å². The van der Waals surface area contributed by atoms with Gasteiger partial charge in [0.2, 0.25) is 0 Å². The van der Waals surface area contributed by atoms with Crippen LogP contribution in [0.15, 0.2) is 24.3 Å². The monoisotopic (exact) mass is 389 g/mol. The summed E-state index contributed by atoms with van der Waals surface area (Å²) in [7, 11) is 0. The average molecular weight is 389 g/mol. The van der Waals surface area contributed by atoms with Gasteiger partial charge >= 0.3 is 18.2 Å². The quantitative estimate of drug-likeness (QED) is 0.779. The van der Waals surface area contributed by atoms with Crippen molar-refractivity contribution in [2.45, 2.75) is 18.6 Å². The van der Waals surface area contributed by atoms with Crippen LogP contribution in [0.3, 0.4) is 0 Å². The van der Waals surface area contributed by atoms with Gasteiger partial charge in [-0.05, 0) is 18.6 Å². The molecule has 6 nitrogen and oxygen atoms in total. The number of benzene rings is 1. The summed E-state index contributed by atoms with van der Waals surface area (Å²) in [5.74, 6) is -5.71. The Balaban J connectivity index is 1.60. The molecular weight excluding hydrogens is 370 g/mol. The fraction of sp³-hybridized carbons (Fsp3) is 0.529. The molecular formula is C17H19F4N3O3. The van der Waals surface area contributed by atoms with E-state index in [1.807, 2.05) is 0 Å². The van der Waals surface area contributed by atoms with E-state index in [4.69, 9.17) is 5.11 Å². The van der Waals surface area contributed by atoms with Gasteiger partial charge in [-0.25, -0.2) is 9.18 Å². The summed E-state index contributed by atoms with van der Waals surface area (Å²) in [5.41, 5.74) is 0.401. The predicted octanol–water partition coefficient (Wildman–Crippen LogP) is 2.31. The van der Waals surface area contributed by atoms with E-state index < -0.39 is 43.1 Å². The van der Waals surface area contributed by atoms with Crippen molar-refractivity contribution in [3.8, 4) is 0 Å². The Labute approximate surface area is 152 Å². The summed E-state index contributed by atoms with van der Waals surface area (Å²) < 4.78 is 52.9. The largest absolute Gasteiger partial charge is 0.481 e. The SMILES string of the molecule is O=C(O)[C@@H]1CN(C(=O)NC2CCN(c3ccccc3F)C2)C[C@H]1C(F)(F)F. The summed E-state index contributed by atoms with van der Waals surface area (Å²) in [5, 5.41) is 11.7. The summed E-state index contributed by atoms with van der Waals surface area (Å²) in [4.78, 5) is 26.1. The second-order valence-electron chi connectivity index (χ2n) is 6.83. The average Bonchev–Trinajstić information content (AvgIpc) is 3.21. The van der Waals surface area contributed by atoms with Crippen molar-refractivity contribution in [3.05, 3.63) is 30.1 Å². The van der Waals surface area contributed by atoms with Crippen LogP contribution in [0.2, 0.25) is 0 Å². The van der Waals surface area contributed by atoms with Gasteiger partial charge in [0.25, 0.3) is 0 Å². The minimum atomic E-state index is -4.69. The van der Waals surface area contributed by atoms with Crippen molar-refractivity contribution >= 4 is 17.7 Å². The fourth-order valence-electron chi connectivity index (χ4n) is 3.62. The highest BCUT2D eigenvalue weighted by atomic mass is 19.4. The van der Waals surface area contributed by atoms with E-state index in [-0.39, 0.29) is 11.9 Å². The number of nitrogens with one attached hydrogen (secondary N) is 1. The summed E-state index contributed by atoms with van der Waals surface area (Å²) in [6.07, 6.45) is -4.17. The Morgan fingerprint density at radius 2 is 1.85 bits per heavy atom. The molecule has 0 bridgehead atoms. The Morgan fingerprint density at radius 3 is 2.44 bits per heavy atom. The number of amides is 2. The van der Waals surface area contributed by atoms with E-state index >= 15 is 0 Å². The lowest BCUT2D eigenvalue weighted by Gasteiger charge is -2.22. The molecule has 2 saturated heterocycles. The maximum atomic E-state index is 13.9. The van der Waals surface area contributed by atoms with Crippen molar-refractivity contribution < 1.29 is 32.3 Å². The molecule has 27 heavy (non-hydrogen) atoms. The molecule has 2 fully saturated rings. The summed E-state index contributed by atoms with van der Waals surface area (Å²) in [6, 6.07) is 5.12. The zero-order valence-electron chi connectivity index (χ0n) is 14.2. The number of carbonyl (C=O) groups is 2. The van der Waals surface area contributed by atoms with Gasteiger partial charge < -0.3 is 20.2 Å². The van der Waals surface area contributed by atoms with Crippen molar-refractivity contribution in [1.82, 2.24) is 10.2 Å². The standard InChI is InChI=1S/C17H19F4N3O3/c18-13-3-1-2-4-14(13)23-6-5-10(7-23)22-16(27)24-8-11(15(25)26)12(9-24)17(19,20)21/h1-4,10-12H,5-9H2,(H,22,27)(H,25,26)/t10?,11-,12-/m1/s1. The van der Waals surface area contributed by atoms with Crippen LogP contribution in [0, 0.1) is 17.7 Å². The molecule has 2 heterocycles. The van der Waals surface area contributed by atoms with E-state index in [1.54, 1.807) is 23.1 Å². The van der Waals surface area contributed by atoms with Gasteiger partial charge in [0.05, 0.1) is 17.5 Å². The Bertz CT molecular complexity index is 728. The normalized spacial score (nSPS) is 25.7. The van der Waals surface area contributed by atoms with Gasteiger partial charge in [-0.2, -0.15) is 13.2 Å². The van der Waals surface area contributed by atoms with Crippen LogP contribution >= 0.6 is 0 Å². The van der Waals surface area contributed by atoms with Crippen LogP contribution < -0.4 is 10.2 Å². The van der Waals surface area contributed by atoms with Crippen LogP contribution in [-0.2, 0) is 4.79 Å². The molecule has 0 saturated carbocycles. The fourth-order valence-corrected chi connectivity index (χ4v) is 3.62. The maximum Gasteiger partial charge on any atom is 0.394 e. The second kappa shape index (κ2) is 7.24. The number of alkyl halides is 3. The third-order valence-electron chi connectivity index (χ3n) is 5.05. The molecule has 0 radical (unpaired) electrons. The number of carbonyl (C=O) groups excluding carboxylic acids is 1. The molecule has 0 aliphatic carbocycles. The van der Waals surface area contributed by atoms with Gasteiger partial charge in [-0.1, -0.05) is 12.1 Å². The number of anilines is 1. The smallest absolute Gasteiger partial charge is 0.394 e. The first kappa shape index (κ1) is 19.2. The summed E-state index contributed by atoms with van der Waals surface area (Å²) >= 11 is 0. The molecule has 2 aliphatic rings. The molecule has 2 amide bonds. The molecule has 2 aliphatic heterocycles. The van der Waals surface area contributed by atoms with Gasteiger partial charge in [0.1, 0.15) is 5.82 Å². The maximum absolute atomic E-state index is 13.9. The number of carboxylic acid groups (broad SMARTS) is 1. The third-order valence-corrected chi connectivity index (χ3v) is 5.05. The number of hydrogen-bond donors (Lipinski definition) is 2. The van der Waals surface area contributed by atoms with E-state index in [0.29, 0.717) is 25.2 Å². The molecule has 148 valence electrons. The van der Waals surface area contributed by atoms with Crippen molar-refractivity contribution in [1.29, 1.82) is 0 Å². The third kappa shape index (κ3) is 4.09. The minimum Gasteiger partial charge on any atom is -0.481 e. The number of urea groups is 1. The molecule has 2 N–H and O–H groups in total. The first-order valence-corrected chi connectivity index (χ1v) is 8.51. The first-order chi connectivity index (χ1) is 12.7. The number of aliphatic carboxylic acids is 1. The number of para-hydroxylation sites is 1. The molecule has 1 aromatic rings. The number of halogens is 4. The van der Waals surface area contributed by atoms with Crippen LogP contribution in [-0.4, -0.2) is 60.4 Å². The van der Waals surface area contributed by atoms with Crippen LogP contribution in [0.5, 0.6) is 0 Å². The zero-order chi connectivity index (χ0) is 19.8. The first-order valence-electron chi connectivity index (χ1n) is 8.51. The Kier molecular flexibility index (Phi) is 5.16. The molecule has 3 atom stereocenters. The number of rotatable bonds is 3. The number of carboxylic acids is 1. The Hall–Kier alpha value is -2.52. The van der Waals surface area contributed by atoms with E-state index in [2.05, 4.69) is 5.32 Å². The lowest BCUT2D eigenvalue weighted by atomic mass is 9.96. The van der Waals surface area contributed by atoms with Crippen LogP contribution in [0.4, 0.5) is 28.0 Å².